The average molecular weight is 712 g/mol. The van der Waals surface area contributed by atoms with Crippen molar-refractivity contribution in [2.24, 2.45) is 34.0 Å². The second kappa shape index (κ2) is 23.6. The zero-order valence-electron chi connectivity index (χ0n) is 28.7. The number of nitrogens with two attached hydrogens (primary N) is 3. The highest BCUT2D eigenvalue weighted by Crippen LogP contribution is 2.13. The molecule has 6 amide bonds. The molecule has 0 aliphatic rings. The summed E-state index contributed by atoms with van der Waals surface area (Å²) in [6, 6.07) is -4.01. The van der Waals surface area contributed by atoms with Crippen molar-refractivity contribution in [2.75, 3.05) is 13.1 Å². The largest absolute Gasteiger partial charge is 0.490 e. The van der Waals surface area contributed by atoms with Gasteiger partial charge in [-0.2, -0.15) is 13.2 Å². The van der Waals surface area contributed by atoms with Crippen LogP contribution in [0.2, 0.25) is 0 Å². The predicted molar refractivity (Wildman–Crippen MR) is 173 cm³/mol. The van der Waals surface area contributed by atoms with Crippen molar-refractivity contribution in [3.05, 3.63) is 0 Å². The van der Waals surface area contributed by atoms with Crippen LogP contribution in [0.4, 0.5) is 13.2 Å². The SMILES string of the molecule is CCCC[C@H](NC(=O)[C@@H](NC(=O)CNC(C)=O)C(C)C)C(=O)N[C@@H](CCCN=C(N)N)C(=O)N[C@H](C(N)=O)[C@@H](C)CC.O=C(O)C(F)(F)F. The quantitative estimate of drug-likeness (QED) is 0.0427. The van der Waals surface area contributed by atoms with E-state index >= 15 is 0 Å². The molecule has 282 valence electrons. The minimum absolute atomic E-state index is 0.114. The van der Waals surface area contributed by atoms with E-state index in [1.165, 1.54) is 6.92 Å². The number of primary amides is 1. The predicted octanol–water partition coefficient (Wildman–Crippen LogP) is -0.874. The normalized spacial score (nSPS) is 13.9. The Labute approximate surface area is 283 Å². The van der Waals surface area contributed by atoms with Gasteiger partial charge >= 0.3 is 12.1 Å². The first-order chi connectivity index (χ1) is 22.6. The van der Waals surface area contributed by atoms with Crippen molar-refractivity contribution < 1.29 is 51.8 Å². The van der Waals surface area contributed by atoms with Crippen LogP contribution in [-0.2, 0) is 33.6 Å². The Morgan fingerprint density at radius 2 is 1.27 bits per heavy atom. The summed E-state index contributed by atoms with van der Waals surface area (Å²) in [7, 11) is 0. The molecule has 0 radical (unpaired) electrons. The number of nitrogens with zero attached hydrogens (tertiary/aromatic N) is 1. The Bertz CT molecular complexity index is 1150. The summed E-state index contributed by atoms with van der Waals surface area (Å²) in [4.78, 5) is 88.1. The van der Waals surface area contributed by atoms with Crippen molar-refractivity contribution in [2.45, 2.75) is 110 Å². The van der Waals surface area contributed by atoms with Crippen LogP contribution >= 0.6 is 0 Å². The standard InChI is InChI=1S/C27H51N9O6.C2HF3O2/c1-7-9-11-18(34-26(42)21(15(3)4)35-20(38)14-32-17(6)37)24(40)33-19(12-10-13-31-27(29)30)25(41)36-22(23(28)39)16(5)8-2;3-2(4,5)1(6)7/h15-16,18-19,21-22H,7-14H2,1-6H3,(H2,28,39)(H,32,37)(H,33,40)(H,34,42)(H,35,38)(H,36,41)(H4,29,30,31);(H,6,7)/t16-,18-,19-,21-,22-;/m0./s1. The van der Waals surface area contributed by atoms with Crippen molar-refractivity contribution in [3.8, 4) is 0 Å². The molecular formula is C29H52F3N9O8. The molecule has 49 heavy (non-hydrogen) atoms. The summed E-state index contributed by atoms with van der Waals surface area (Å²) < 4.78 is 31.7. The Morgan fingerprint density at radius 1 is 0.776 bits per heavy atom. The number of halogens is 3. The number of carboxylic acid groups (broad SMARTS) is 1. The molecule has 0 heterocycles. The summed E-state index contributed by atoms with van der Waals surface area (Å²) in [5.74, 6) is -6.89. The van der Waals surface area contributed by atoms with Crippen LogP contribution in [0.1, 0.15) is 80.1 Å². The third-order valence-corrected chi connectivity index (χ3v) is 6.88. The minimum Gasteiger partial charge on any atom is -0.475 e. The summed E-state index contributed by atoms with van der Waals surface area (Å²) >= 11 is 0. The van der Waals surface area contributed by atoms with Crippen LogP contribution < -0.4 is 43.8 Å². The average Bonchev–Trinajstić information content (AvgIpc) is 2.99. The van der Waals surface area contributed by atoms with Crippen molar-refractivity contribution in [1.82, 2.24) is 26.6 Å². The third-order valence-electron chi connectivity index (χ3n) is 6.88. The maximum absolute atomic E-state index is 13.4. The number of unbranched alkanes of at least 4 members (excludes halogenated alkanes) is 1. The van der Waals surface area contributed by atoms with Crippen LogP contribution in [0.15, 0.2) is 4.99 Å². The zero-order chi connectivity index (χ0) is 38.5. The number of carbonyl (C=O) groups excluding carboxylic acids is 6. The van der Waals surface area contributed by atoms with Crippen molar-refractivity contribution in [3.63, 3.8) is 0 Å². The van der Waals surface area contributed by atoms with Gasteiger partial charge in [0.2, 0.25) is 35.4 Å². The van der Waals surface area contributed by atoms with E-state index in [1.54, 1.807) is 20.8 Å². The fourth-order valence-electron chi connectivity index (χ4n) is 3.93. The molecular weight excluding hydrogens is 659 g/mol. The van der Waals surface area contributed by atoms with Crippen LogP contribution in [0.25, 0.3) is 0 Å². The fraction of sp³-hybridized carbons (Fsp3) is 0.724. The van der Waals surface area contributed by atoms with E-state index < -0.39 is 71.8 Å². The molecule has 17 nitrogen and oxygen atoms in total. The molecule has 0 rings (SSSR count). The number of guanidine groups is 1. The molecule has 20 heteroatoms. The lowest BCUT2D eigenvalue weighted by Crippen LogP contribution is -2.59. The van der Waals surface area contributed by atoms with Gasteiger partial charge in [0.1, 0.15) is 24.2 Å². The van der Waals surface area contributed by atoms with E-state index in [-0.39, 0.29) is 43.7 Å². The Hall–Kier alpha value is -4.65. The third kappa shape index (κ3) is 21.0. The first-order valence-electron chi connectivity index (χ1n) is 15.7. The molecule has 0 aliphatic heterocycles. The van der Waals surface area contributed by atoms with Gasteiger partial charge in [0.05, 0.1) is 6.54 Å². The number of aliphatic imine (C=N–C) groups is 1. The van der Waals surface area contributed by atoms with Gasteiger partial charge in [-0.05, 0) is 31.1 Å². The first kappa shape index (κ1) is 46.5. The number of carboxylic acids is 1. The number of carbonyl (C=O) groups is 7. The number of nitrogens with one attached hydrogen (secondary N) is 5. The molecule has 0 bridgehead atoms. The Balaban J connectivity index is 0. The van der Waals surface area contributed by atoms with Gasteiger partial charge in [-0.25, -0.2) is 4.79 Å². The molecule has 0 spiro atoms. The van der Waals surface area contributed by atoms with Crippen molar-refractivity contribution in [1.29, 1.82) is 0 Å². The molecule has 5 atom stereocenters. The highest BCUT2D eigenvalue weighted by atomic mass is 19.4. The molecule has 0 aromatic carbocycles. The second-order valence-electron chi connectivity index (χ2n) is 11.5. The summed E-state index contributed by atoms with van der Waals surface area (Å²) in [6.45, 7) is 10.2. The van der Waals surface area contributed by atoms with Gasteiger partial charge in [-0.1, -0.05) is 53.9 Å². The summed E-state index contributed by atoms with van der Waals surface area (Å²) in [5, 5.41) is 20.1. The maximum atomic E-state index is 13.4. The van der Waals surface area contributed by atoms with Gasteiger partial charge in [-0.15, -0.1) is 0 Å². The van der Waals surface area contributed by atoms with Crippen molar-refractivity contribution >= 4 is 47.4 Å². The van der Waals surface area contributed by atoms with E-state index in [4.69, 9.17) is 27.1 Å². The summed E-state index contributed by atoms with van der Waals surface area (Å²) in [6.07, 6.45) is -2.42. The van der Waals surface area contributed by atoms with Gasteiger partial charge in [0.15, 0.2) is 5.96 Å². The van der Waals surface area contributed by atoms with Gasteiger partial charge < -0.3 is 48.9 Å². The molecule has 0 aromatic rings. The van der Waals surface area contributed by atoms with E-state index in [2.05, 4.69) is 31.6 Å². The van der Waals surface area contributed by atoms with E-state index in [0.29, 0.717) is 19.3 Å². The molecule has 0 fully saturated rings. The molecule has 12 N–H and O–H groups in total. The smallest absolute Gasteiger partial charge is 0.475 e. The number of aliphatic carboxylic acids is 1. The number of amides is 6. The number of rotatable bonds is 20. The number of hydrogen-bond donors (Lipinski definition) is 9. The van der Waals surface area contributed by atoms with Gasteiger partial charge in [0, 0.05) is 13.5 Å². The fourth-order valence-corrected chi connectivity index (χ4v) is 3.93. The van der Waals surface area contributed by atoms with Gasteiger partial charge in [0.25, 0.3) is 0 Å². The number of hydrogen-bond acceptors (Lipinski definition) is 8. The highest BCUT2D eigenvalue weighted by Gasteiger charge is 2.38. The molecule has 0 saturated heterocycles. The Kier molecular flexibility index (Phi) is 22.4. The van der Waals surface area contributed by atoms with Crippen LogP contribution in [0, 0.1) is 11.8 Å². The lowest BCUT2D eigenvalue weighted by molar-refractivity contribution is -0.192. The second-order valence-corrected chi connectivity index (χ2v) is 11.5. The molecule has 0 saturated carbocycles. The number of alkyl halides is 3. The molecule has 0 aliphatic carbocycles. The van der Waals surface area contributed by atoms with Crippen LogP contribution in [-0.4, -0.2) is 95.9 Å². The van der Waals surface area contributed by atoms with E-state index in [1.807, 2.05) is 13.8 Å². The van der Waals surface area contributed by atoms with Crippen LogP contribution in [0.3, 0.4) is 0 Å². The molecule has 0 aromatic heterocycles. The van der Waals surface area contributed by atoms with E-state index in [9.17, 15) is 41.9 Å². The van der Waals surface area contributed by atoms with Crippen LogP contribution in [0.5, 0.6) is 0 Å². The minimum atomic E-state index is -5.08. The van der Waals surface area contributed by atoms with E-state index in [0.717, 1.165) is 6.42 Å². The Morgan fingerprint density at radius 3 is 1.67 bits per heavy atom. The lowest BCUT2D eigenvalue weighted by atomic mass is 9.97. The molecule has 0 unspecified atom stereocenters. The zero-order valence-corrected chi connectivity index (χ0v) is 28.7. The van der Waals surface area contributed by atoms with Gasteiger partial charge in [-0.3, -0.25) is 33.8 Å². The maximum Gasteiger partial charge on any atom is 0.490 e. The lowest BCUT2D eigenvalue weighted by Gasteiger charge is -2.28. The first-order valence-corrected chi connectivity index (χ1v) is 15.7. The topological polar surface area (TPSA) is 290 Å². The highest BCUT2D eigenvalue weighted by molar-refractivity contribution is 5.95. The summed E-state index contributed by atoms with van der Waals surface area (Å²) in [5.41, 5.74) is 16.3. The monoisotopic (exact) mass is 711 g/mol.